The lowest BCUT2D eigenvalue weighted by atomic mass is 10.1. The third-order valence-electron chi connectivity index (χ3n) is 3.57. The van der Waals surface area contributed by atoms with Gasteiger partial charge in [0.15, 0.2) is 0 Å². The Labute approximate surface area is 144 Å². The van der Waals surface area contributed by atoms with Gasteiger partial charge in [0.05, 0.1) is 13.0 Å². The monoisotopic (exact) mass is 332 g/mol. The number of carbonyl (C=O) groups is 2. The van der Waals surface area contributed by atoms with Crippen molar-refractivity contribution in [1.82, 2.24) is 5.32 Å². The Hall–Kier alpha value is -2.30. The van der Waals surface area contributed by atoms with E-state index in [2.05, 4.69) is 11.9 Å². The van der Waals surface area contributed by atoms with Gasteiger partial charge >= 0.3 is 5.97 Å². The molecule has 0 heterocycles. The van der Waals surface area contributed by atoms with Crippen LogP contribution in [0, 0.1) is 0 Å². The minimum absolute atomic E-state index is 0.0338. The first-order chi connectivity index (χ1) is 11.5. The predicted molar refractivity (Wildman–Crippen MR) is 96.4 cm³/mol. The first-order valence-corrected chi connectivity index (χ1v) is 8.43. The summed E-state index contributed by atoms with van der Waals surface area (Å²) in [5.41, 5.74) is 7.71. The number of nitrogens with one attached hydrogen (secondary N) is 1. The van der Waals surface area contributed by atoms with Crippen LogP contribution < -0.4 is 11.1 Å². The van der Waals surface area contributed by atoms with Crippen LogP contribution in [0.1, 0.15) is 44.6 Å². The molecular weight excluding hydrogens is 304 g/mol. The van der Waals surface area contributed by atoms with Crippen molar-refractivity contribution in [2.45, 2.75) is 45.4 Å². The first-order valence-electron chi connectivity index (χ1n) is 8.43. The van der Waals surface area contributed by atoms with Crippen molar-refractivity contribution in [2.75, 3.05) is 18.9 Å². The lowest BCUT2D eigenvalue weighted by Crippen LogP contribution is -2.26. The van der Waals surface area contributed by atoms with Gasteiger partial charge in [0, 0.05) is 17.8 Å². The van der Waals surface area contributed by atoms with Gasteiger partial charge in [0.25, 0.3) is 0 Å². The van der Waals surface area contributed by atoms with Crippen molar-refractivity contribution in [3.05, 3.63) is 42.0 Å². The molecule has 132 valence electrons. The van der Waals surface area contributed by atoms with Crippen molar-refractivity contribution in [3.8, 4) is 0 Å². The molecule has 0 saturated heterocycles. The van der Waals surface area contributed by atoms with E-state index >= 15 is 0 Å². The number of anilines is 1. The molecule has 0 aliphatic carbocycles. The van der Waals surface area contributed by atoms with Gasteiger partial charge in [0.2, 0.25) is 5.91 Å². The Kier molecular flexibility index (Phi) is 9.27. The van der Waals surface area contributed by atoms with Gasteiger partial charge in [-0.15, -0.1) is 0 Å². The Morgan fingerprint density at radius 1 is 1.08 bits per heavy atom. The number of benzene rings is 1. The van der Waals surface area contributed by atoms with E-state index in [0.29, 0.717) is 30.8 Å². The van der Waals surface area contributed by atoms with Crippen LogP contribution in [0.25, 0.3) is 0 Å². The van der Waals surface area contributed by atoms with Crippen LogP contribution >= 0.6 is 0 Å². The Bertz CT molecular complexity index is 538. The maximum Gasteiger partial charge on any atom is 0.333 e. The van der Waals surface area contributed by atoms with Crippen LogP contribution in [0.4, 0.5) is 5.69 Å². The number of rotatable bonds is 11. The molecule has 0 atom stereocenters. The standard InChI is InChI=1S/C19H28N2O3/c1-15(2)19(23)24-13-7-5-3-4-6-12-21-18(22)14-16-8-10-17(20)11-9-16/h8-11H,1,3-7,12-14,20H2,2H3,(H,21,22). The predicted octanol–water partition coefficient (Wildman–Crippen LogP) is 3.00. The molecule has 0 bridgehead atoms. The number of carbonyl (C=O) groups excluding carboxylic acids is 2. The number of esters is 1. The van der Waals surface area contributed by atoms with Crippen LogP contribution in [0.15, 0.2) is 36.4 Å². The Morgan fingerprint density at radius 3 is 2.38 bits per heavy atom. The highest BCUT2D eigenvalue weighted by molar-refractivity contribution is 5.86. The van der Waals surface area contributed by atoms with Crippen molar-refractivity contribution < 1.29 is 14.3 Å². The number of nitrogen functional groups attached to an aromatic ring is 1. The molecule has 0 unspecified atom stereocenters. The Morgan fingerprint density at radius 2 is 1.71 bits per heavy atom. The second-order valence-corrected chi connectivity index (χ2v) is 5.95. The van der Waals surface area contributed by atoms with Gasteiger partial charge in [-0.1, -0.05) is 38.0 Å². The van der Waals surface area contributed by atoms with Gasteiger partial charge in [0.1, 0.15) is 0 Å². The van der Waals surface area contributed by atoms with Gasteiger partial charge in [-0.2, -0.15) is 0 Å². The smallest absolute Gasteiger partial charge is 0.333 e. The third kappa shape index (κ3) is 8.98. The number of amides is 1. The van der Waals surface area contributed by atoms with E-state index in [1.165, 1.54) is 0 Å². The summed E-state index contributed by atoms with van der Waals surface area (Å²) in [5.74, 6) is -0.287. The largest absolute Gasteiger partial charge is 0.462 e. The molecule has 24 heavy (non-hydrogen) atoms. The lowest BCUT2D eigenvalue weighted by molar-refractivity contribution is -0.139. The fraction of sp³-hybridized carbons (Fsp3) is 0.474. The van der Waals surface area contributed by atoms with E-state index in [9.17, 15) is 9.59 Å². The molecule has 0 aliphatic rings. The second-order valence-electron chi connectivity index (χ2n) is 5.95. The van der Waals surface area contributed by atoms with Crippen molar-refractivity contribution in [2.24, 2.45) is 0 Å². The van der Waals surface area contributed by atoms with Gasteiger partial charge in [-0.3, -0.25) is 4.79 Å². The molecule has 0 saturated carbocycles. The normalized spacial score (nSPS) is 10.2. The summed E-state index contributed by atoms with van der Waals surface area (Å²) in [4.78, 5) is 23.0. The topological polar surface area (TPSA) is 81.4 Å². The van der Waals surface area contributed by atoms with Crippen LogP contribution in [-0.4, -0.2) is 25.0 Å². The molecule has 0 radical (unpaired) electrons. The Balaban J connectivity index is 1.96. The molecule has 1 amide bonds. The molecule has 1 aromatic carbocycles. The summed E-state index contributed by atoms with van der Waals surface area (Å²) in [5, 5.41) is 2.93. The highest BCUT2D eigenvalue weighted by atomic mass is 16.5. The summed E-state index contributed by atoms with van der Waals surface area (Å²) in [6.07, 6.45) is 5.34. The highest BCUT2D eigenvalue weighted by Gasteiger charge is 2.03. The van der Waals surface area contributed by atoms with E-state index < -0.39 is 0 Å². The first kappa shape index (κ1) is 19.7. The zero-order chi connectivity index (χ0) is 17.8. The number of ether oxygens (including phenoxy) is 1. The third-order valence-corrected chi connectivity index (χ3v) is 3.57. The number of unbranched alkanes of at least 4 members (excludes halogenated alkanes) is 4. The van der Waals surface area contributed by atoms with Crippen molar-refractivity contribution in [1.29, 1.82) is 0 Å². The number of nitrogens with two attached hydrogens (primary N) is 1. The lowest BCUT2D eigenvalue weighted by Gasteiger charge is -2.06. The summed E-state index contributed by atoms with van der Waals surface area (Å²) in [7, 11) is 0. The quantitative estimate of drug-likeness (QED) is 0.282. The summed E-state index contributed by atoms with van der Waals surface area (Å²) in [6, 6.07) is 7.34. The summed E-state index contributed by atoms with van der Waals surface area (Å²) in [6.45, 7) is 6.32. The number of hydrogen-bond donors (Lipinski definition) is 2. The molecular formula is C19H28N2O3. The van der Waals surface area contributed by atoms with E-state index in [1.807, 2.05) is 12.1 Å². The van der Waals surface area contributed by atoms with Crippen LogP contribution in [0.2, 0.25) is 0 Å². The fourth-order valence-electron chi connectivity index (χ4n) is 2.16. The molecule has 1 rings (SSSR count). The summed E-state index contributed by atoms with van der Waals surface area (Å²) < 4.78 is 5.02. The van der Waals surface area contributed by atoms with Crippen LogP contribution in [0.5, 0.6) is 0 Å². The van der Waals surface area contributed by atoms with Gasteiger partial charge in [-0.05, 0) is 37.5 Å². The molecule has 0 spiro atoms. The minimum atomic E-state index is -0.321. The maximum absolute atomic E-state index is 11.8. The zero-order valence-corrected chi connectivity index (χ0v) is 14.5. The van der Waals surface area contributed by atoms with E-state index in [-0.39, 0.29) is 11.9 Å². The molecule has 3 N–H and O–H groups in total. The fourth-order valence-corrected chi connectivity index (χ4v) is 2.16. The molecule has 0 aliphatic heterocycles. The van der Waals surface area contributed by atoms with Crippen molar-refractivity contribution in [3.63, 3.8) is 0 Å². The van der Waals surface area contributed by atoms with E-state index in [4.69, 9.17) is 10.5 Å². The van der Waals surface area contributed by atoms with Crippen molar-refractivity contribution >= 4 is 17.6 Å². The molecule has 5 heteroatoms. The van der Waals surface area contributed by atoms with E-state index in [1.54, 1.807) is 19.1 Å². The maximum atomic E-state index is 11.8. The summed E-state index contributed by atoms with van der Waals surface area (Å²) >= 11 is 0. The minimum Gasteiger partial charge on any atom is -0.462 e. The highest BCUT2D eigenvalue weighted by Crippen LogP contribution is 2.06. The SMILES string of the molecule is C=C(C)C(=O)OCCCCCCCNC(=O)Cc1ccc(N)cc1. The van der Waals surface area contributed by atoms with Gasteiger partial charge < -0.3 is 15.8 Å². The average molecular weight is 332 g/mol. The molecule has 5 nitrogen and oxygen atoms in total. The zero-order valence-electron chi connectivity index (χ0n) is 14.5. The average Bonchev–Trinajstić information content (AvgIpc) is 2.55. The van der Waals surface area contributed by atoms with E-state index in [0.717, 1.165) is 37.7 Å². The molecule has 1 aromatic rings. The molecule has 0 fully saturated rings. The second kappa shape index (κ2) is 11.3. The van der Waals surface area contributed by atoms with Crippen LogP contribution in [-0.2, 0) is 20.7 Å². The molecule has 0 aromatic heterocycles. The number of hydrogen-bond acceptors (Lipinski definition) is 4. The van der Waals surface area contributed by atoms with Crippen LogP contribution in [0.3, 0.4) is 0 Å². The van der Waals surface area contributed by atoms with Gasteiger partial charge in [-0.25, -0.2) is 4.79 Å².